The zero-order valence-corrected chi connectivity index (χ0v) is 19.1. The Morgan fingerprint density at radius 3 is 2.31 bits per heavy atom. The van der Waals surface area contributed by atoms with E-state index >= 15 is 0 Å². The Hall–Kier alpha value is -1.65. The Kier molecular flexibility index (Phi) is 13.8. The van der Waals surface area contributed by atoms with Crippen LogP contribution in [0.25, 0.3) is 5.53 Å². The van der Waals surface area contributed by atoms with Crippen LogP contribution in [0.5, 0.6) is 0 Å². The molecule has 0 saturated heterocycles. The topological polar surface area (TPSA) is 84.0 Å². The van der Waals surface area contributed by atoms with E-state index in [-0.39, 0.29) is 56.6 Å². The number of benzene rings is 1. The van der Waals surface area contributed by atoms with Crippen molar-refractivity contribution in [3.05, 3.63) is 64.7 Å². The summed E-state index contributed by atoms with van der Waals surface area (Å²) in [6.07, 6.45) is 1.87. The van der Waals surface area contributed by atoms with Crippen molar-refractivity contribution in [1.29, 1.82) is 0 Å². The Labute approximate surface area is 178 Å². The van der Waals surface area contributed by atoms with Crippen LogP contribution >= 0.6 is 0 Å². The Balaban J connectivity index is 0. The molecule has 6 nitrogen and oxygen atoms in total. The summed E-state index contributed by atoms with van der Waals surface area (Å²) in [6, 6.07) is 8.90. The van der Waals surface area contributed by atoms with Crippen LogP contribution in [0.4, 0.5) is 0 Å². The summed E-state index contributed by atoms with van der Waals surface area (Å²) < 4.78 is 11.0. The van der Waals surface area contributed by atoms with Gasteiger partial charge in [-0.2, -0.15) is 4.79 Å². The molecular formula is C17H19Cl2N3O3Zn. The van der Waals surface area contributed by atoms with Crippen LogP contribution in [0.1, 0.15) is 30.6 Å². The van der Waals surface area contributed by atoms with Gasteiger partial charge in [-0.15, -0.1) is 0 Å². The number of halogens is 2. The van der Waals surface area contributed by atoms with Crippen molar-refractivity contribution in [2.75, 3.05) is 13.2 Å². The molecule has 0 heterocycles. The van der Waals surface area contributed by atoms with Crippen molar-refractivity contribution in [2.45, 2.75) is 20.3 Å². The number of ether oxygens (including phenoxy) is 2. The largest absolute Gasteiger partial charge is 2.00 e. The van der Waals surface area contributed by atoms with E-state index in [9.17, 15) is 4.79 Å². The van der Waals surface area contributed by atoms with Gasteiger partial charge in [0.15, 0.2) is 0 Å². The minimum atomic E-state index is -0.241. The van der Waals surface area contributed by atoms with Gasteiger partial charge in [0.2, 0.25) is 5.76 Å². The Morgan fingerprint density at radius 2 is 1.77 bits per heavy atom. The molecule has 26 heavy (non-hydrogen) atoms. The molecule has 1 amide bonds. The van der Waals surface area contributed by atoms with Gasteiger partial charge < -0.3 is 45.1 Å². The number of carbonyl (C=O) groups excluding carboxylic acids is 1. The van der Waals surface area contributed by atoms with Crippen LogP contribution in [0.3, 0.4) is 0 Å². The fraction of sp³-hybridized carbons (Fsp3) is 0.294. The minimum absolute atomic E-state index is 0. The molecule has 0 aromatic heterocycles. The van der Waals surface area contributed by atoms with Crippen LogP contribution in [0, 0.1) is 0 Å². The predicted octanol–water partition coefficient (Wildman–Crippen LogP) is -3.34. The van der Waals surface area contributed by atoms with E-state index in [1.807, 2.05) is 19.9 Å². The van der Waals surface area contributed by atoms with Gasteiger partial charge in [0.05, 0.1) is 18.9 Å². The van der Waals surface area contributed by atoms with E-state index in [4.69, 9.17) is 15.0 Å². The molecule has 0 radical (unpaired) electrons. The van der Waals surface area contributed by atoms with Crippen molar-refractivity contribution in [3.8, 4) is 0 Å². The van der Waals surface area contributed by atoms with E-state index in [0.717, 1.165) is 0 Å². The van der Waals surface area contributed by atoms with Crippen molar-refractivity contribution in [1.82, 2.24) is 5.32 Å². The molecule has 0 aliphatic heterocycles. The number of carbonyl (C=O) groups is 1. The zero-order valence-electron chi connectivity index (χ0n) is 14.7. The number of hydrogen-bond donors (Lipinski definition) is 1. The molecule has 0 saturated carbocycles. The molecule has 9 heteroatoms. The molecule has 0 fully saturated rings. The molecule has 1 N–H and O–H groups in total. The summed E-state index contributed by atoms with van der Waals surface area (Å²) in [4.78, 5) is 15.6. The van der Waals surface area contributed by atoms with E-state index in [2.05, 4.69) is 10.1 Å². The molecule has 2 rings (SSSR count). The third-order valence-electron chi connectivity index (χ3n) is 3.21. The molecule has 1 aromatic carbocycles. The molecule has 136 valence electrons. The second kappa shape index (κ2) is 13.5. The summed E-state index contributed by atoms with van der Waals surface area (Å²) in [5, 5.41) is 2.83. The molecule has 1 aliphatic rings. The number of nitrogens with zero attached hydrogens (tertiary/aromatic N) is 2. The van der Waals surface area contributed by atoms with E-state index in [0.29, 0.717) is 41.7 Å². The first-order valence-electron chi connectivity index (χ1n) is 7.47. The maximum absolute atomic E-state index is 12.3. The minimum Gasteiger partial charge on any atom is -1.00 e. The van der Waals surface area contributed by atoms with Crippen LogP contribution in [-0.4, -0.2) is 29.6 Å². The van der Waals surface area contributed by atoms with Crippen LogP contribution < -0.4 is 30.1 Å². The molecular weight excluding hydrogens is 431 g/mol. The first-order chi connectivity index (χ1) is 11.2. The third kappa shape index (κ3) is 6.93. The molecule has 1 aromatic rings. The normalized spacial score (nSPS) is 12.4. The van der Waals surface area contributed by atoms with Crippen molar-refractivity contribution in [3.63, 3.8) is 0 Å². The van der Waals surface area contributed by atoms with E-state index < -0.39 is 0 Å². The van der Waals surface area contributed by atoms with Crippen molar-refractivity contribution in [2.24, 2.45) is 0 Å². The fourth-order valence-electron chi connectivity index (χ4n) is 2.19. The summed E-state index contributed by atoms with van der Waals surface area (Å²) in [5.74, 6) is 0.712. The van der Waals surface area contributed by atoms with Gasteiger partial charge in [-0.3, -0.25) is 4.79 Å². The van der Waals surface area contributed by atoms with Crippen LogP contribution in [0.15, 0.2) is 53.6 Å². The maximum atomic E-state index is 12.3. The number of hydrogen-bond acceptors (Lipinski definition) is 3. The Bertz CT molecular complexity index is 702. The molecule has 1 aliphatic carbocycles. The molecule has 0 bridgehead atoms. The number of allylic oxidation sites excluding steroid dienone is 3. The first-order valence-corrected chi connectivity index (χ1v) is 7.47. The second-order valence-corrected chi connectivity index (χ2v) is 4.76. The van der Waals surface area contributed by atoms with Crippen LogP contribution in [0.2, 0.25) is 0 Å². The molecule has 0 unspecified atom stereocenters. The van der Waals surface area contributed by atoms with Gasteiger partial charge in [0.1, 0.15) is 12.2 Å². The predicted molar refractivity (Wildman–Crippen MR) is 85.5 cm³/mol. The monoisotopic (exact) mass is 447 g/mol. The van der Waals surface area contributed by atoms with Crippen LogP contribution in [-0.2, 0) is 29.0 Å². The van der Waals surface area contributed by atoms with E-state index in [1.54, 1.807) is 30.3 Å². The van der Waals surface area contributed by atoms with Gasteiger partial charge in [-0.05, 0) is 26.0 Å². The third-order valence-corrected chi connectivity index (χ3v) is 3.21. The smallest absolute Gasteiger partial charge is 1.00 e. The standard InChI is InChI=1S/C17H19N3O3.2ClH.Zn/c1-3-22-15-11-14(20-18)16(23-4-2)10-13(15)19-17(21)12-8-6-5-7-9-12;;;/h5-10H,3-4,11H2,1-2H3,(H,19,21);2*1H;/q;;;+2/p-2. The van der Waals surface area contributed by atoms with E-state index in [1.165, 1.54) is 0 Å². The zero-order chi connectivity index (χ0) is 16.7. The summed E-state index contributed by atoms with van der Waals surface area (Å²) in [5.41, 5.74) is 10.5. The number of nitrogens with one attached hydrogen (secondary N) is 1. The summed E-state index contributed by atoms with van der Waals surface area (Å²) in [7, 11) is 0. The quantitative estimate of drug-likeness (QED) is 0.280. The maximum Gasteiger partial charge on any atom is 2.00 e. The van der Waals surface area contributed by atoms with Gasteiger partial charge in [0, 0.05) is 11.6 Å². The van der Waals surface area contributed by atoms with Gasteiger partial charge in [0.25, 0.3) is 5.91 Å². The number of rotatable bonds is 6. The molecule has 0 spiro atoms. The average Bonchev–Trinajstić information content (AvgIpc) is 2.58. The fourth-order valence-corrected chi connectivity index (χ4v) is 2.19. The Morgan fingerprint density at radius 1 is 1.15 bits per heavy atom. The van der Waals surface area contributed by atoms with Gasteiger partial charge in [-0.25, -0.2) is 0 Å². The average molecular weight is 450 g/mol. The van der Waals surface area contributed by atoms with Gasteiger partial charge in [-0.1, -0.05) is 18.2 Å². The van der Waals surface area contributed by atoms with Crippen molar-refractivity contribution < 1.29 is 63.4 Å². The summed E-state index contributed by atoms with van der Waals surface area (Å²) >= 11 is 0. The number of amides is 1. The SMILES string of the molecule is CCOC1=CC(NC(=O)c2ccccc2)=C(OCC)CC1=[N+]=[N-].[Cl-].[Cl-].[Zn+2]. The summed E-state index contributed by atoms with van der Waals surface area (Å²) in [6.45, 7) is 4.55. The second-order valence-electron chi connectivity index (χ2n) is 4.76. The van der Waals surface area contributed by atoms with Gasteiger partial charge >= 0.3 is 25.2 Å². The molecule has 0 atom stereocenters. The van der Waals surface area contributed by atoms with Crippen molar-refractivity contribution >= 4 is 11.6 Å². The first kappa shape index (κ1) is 26.6.